The number of nitrogens with zero attached hydrogens (tertiary/aromatic N) is 1. The molecule has 0 spiro atoms. The average Bonchev–Trinajstić information content (AvgIpc) is 2.66. The van der Waals surface area contributed by atoms with Gasteiger partial charge in [-0.2, -0.15) is 0 Å². The van der Waals surface area contributed by atoms with Gasteiger partial charge in [0.15, 0.2) is 0 Å². The molecule has 0 saturated heterocycles. The average molecular weight is 228 g/mol. The zero-order valence-electron chi connectivity index (χ0n) is 9.37. The van der Waals surface area contributed by atoms with Crippen LogP contribution >= 0.6 is 12.2 Å². The second kappa shape index (κ2) is 6.05. The summed E-state index contributed by atoms with van der Waals surface area (Å²) in [5.74, 6) is 0.850. The largest absolute Gasteiger partial charge is 0.393 e. The molecule has 0 aliphatic heterocycles. The molecule has 4 heteroatoms. The van der Waals surface area contributed by atoms with E-state index in [0.29, 0.717) is 30.3 Å². The van der Waals surface area contributed by atoms with E-state index in [-0.39, 0.29) is 5.91 Å². The fourth-order valence-electron chi connectivity index (χ4n) is 2.02. The van der Waals surface area contributed by atoms with Crippen LogP contribution in [0.25, 0.3) is 0 Å². The molecule has 1 rings (SSSR count). The number of thiocarbonyl (C=S) groups is 1. The summed E-state index contributed by atoms with van der Waals surface area (Å²) in [4.78, 5) is 14.0. The molecule has 0 heterocycles. The van der Waals surface area contributed by atoms with Crippen molar-refractivity contribution >= 4 is 23.1 Å². The van der Waals surface area contributed by atoms with Crippen molar-refractivity contribution < 1.29 is 4.79 Å². The molecular weight excluding hydrogens is 208 g/mol. The summed E-state index contributed by atoms with van der Waals surface area (Å²) in [5, 5.41) is 0. The van der Waals surface area contributed by atoms with Crippen LogP contribution in [-0.2, 0) is 4.79 Å². The number of carbonyl (C=O) groups is 1. The van der Waals surface area contributed by atoms with Crippen LogP contribution in [0.3, 0.4) is 0 Å². The molecule has 2 N–H and O–H groups in total. The first kappa shape index (κ1) is 12.4. The lowest BCUT2D eigenvalue weighted by Gasteiger charge is -2.18. The third-order valence-electron chi connectivity index (χ3n) is 3.06. The minimum absolute atomic E-state index is 0.234. The highest BCUT2D eigenvalue weighted by Gasteiger charge is 2.20. The molecule has 15 heavy (non-hydrogen) atoms. The van der Waals surface area contributed by atoms with E-state index in [0.717, 1.165) is 0 Å². The van der Waals surface area contributed by atoms with E-state index in [1.807, 2.05) is 7.05 Å². The molecular formula is C11H20N2OS. The van der Waals surface area contributed by atoms with Gasteiger partial charge in [-0.25, -0.2) is 0 Å². The molecule has 1 fully saturated rings. The van der Waals surface area contributed by atoms with Gasteiger partial charge in [0.05, 0.1) is 4.99 Å². The lowest BCUT2D eigenvalue weighted by atomic mass is 10.0. The highest BCUT2D eigenvalue weighted by Crippen LogP contribution is 2.27. The van der Waals surface area contributed by atoms with E-state index in [9.17, 15) is 4.79 Å². The maximum Gasteiger partial charge on any atom is 0.222 e. The van der Waals surface area contributed by atoms with Crippen molar-refractivity contribution in [1.29, 1.82) is 0 Å². The van der Waals surface area contributed by atoms with E-state index in [4.69, 9.17) is 18.0 Å². The van der Waals surface area contributed by atoms with Gasteiger partial charge in [0.2, 0.25) is 5.91 Å². The monoisotopic (exact) mass is 228 g/mol. The van der Waals surface area contributed by atoms with Crippen molar-refractivity contribution in [2.45, 2.75) is 38.5 Å². The Morgan fingerprint density at radius 1 is 1.47 bits per heavy atom. The van der Waals surface area contributed by atoms with Gasteiger partial charge in [0.25, 0.3) is 0 Å². The predicted molar refractivity (Wildman–Crippen MR) is 65.6 cm³/mol. The third-order valence-corrected chi connectivity index (χ3v) is 3.26. The fraction of sp³-hybridized carbons (Fsp3) is 0.818. The van der Waals surface area contributed by atoms with Crippen LogP contribution in [0, 0.1) is 5.92 Å². The van der Waals surface area contributed by atoms with Crippen LogP contribution in [0.4, 0.5) is 0 Å². The SMILES string of the molecule is CN(CCC(N)=S)C(=O)CC1CCCC1. The van der Waals surface area contributed by atoms with Crippen LogP contribution in [0.5, 0.6) is 0 Å². The number of amides is 1. The summed E-state index contributed by atoms with van der Waals surface area (Å²) in [6.07, 6.45) is 6.34. The molecule has 1 aliphatic carbocycles. The highest BCUT2D eigenvalue weighted by atomic mass is 32.1. The van der Waals surface area contributed by atoms with Crippen LogP contribution in [0.1, 0.15) is 38.5 Å². The van der Waals surface area contributed by atoms with E-state index >= 15 is 0 Å². The molecule has 0 unspecified atom stereocenters. The van der Waals surface area contributed by atoms with Crippen LogP contribution in [0.2, 0.25) is 0 Å². The maximum absolute atomic E-state index is 11.8. The Morgan fingerprint density at radius 2 is 2.07 bits per heavy atom. The van der Waals surface area contributed by atoms with Crippen molar-refractivity contribution in [1.82, 2.24) is 4.90 Å². The molecule has 0 atom stereocenters. The summed E-state index contributed by atoms with van der Waals surface area (Å²) in [6, 6.07) is 0. The third kappa shape index (κ3) is 4.60. The van der Waals surface area contributed by atoms with Crippen molar-refractivity contribution in [3.63, 3.8) is 0 Å². The summed E-state index contributed by atoms with van der Waals surface area (Å²) < 4.78 is 0. The van der Waals surface area contributed by atoms with Gasteiger partial charge in [-0.05, 0) is 18.8 Å². The minimum atomic E-state index is 0.234. The van der Waals surface area contributed by atoms with Gasteiger partial charge in [0, 0.05) is 26.4 Å². The molecule has 1 saturated carbocycles. The topological polar surface area (TPSA) is 46.3 Å². The standard InChI is InChI=1S/C11H20N2OS/c1-13(7-6-10(12)15)11(14)8-9-4-2-3-5-9/h9H,2-8H2,1H3,(H2,12,15). The quantitative estimate of drug-likeness (QED) is 0.729. The molecule has 86 valence electrons. The van der Waals surface area contributed by atoms with E-state index in [1.165, 1.54) is 25.7 Å². The van der Waals surface area contributed by atoms with Gasteiger partial charge < -0.3 is 10.6 Å². The van der Waals surface area contributed by atoms with Crippen molar-refractivity contribution in [2.24, 2.45) is 11.7 Å². The Bertz CT molecular complexity index is 237. The van der Waals surface area contributed by atoms with Crippen LogP contribution < -0.4 is 5.73 Å². The molecule has 1 aliphatic rings. The summed E-state index contributed by atoms with van der Waals surface area (Å²) in [5.41, 5.74) is 5.40. The van der Waals surface area contributed by atoms with E-state index < -0.39 is 0 Å². The molecule has 3 nitrogen and oxygen atoms in total. The van der Waals surface area contributed by atoms with E-state index in [1.54, 1.807) is 4.90 Å². The zero-order valence-corrected chi connectivity index (χ0v) is 10.2. The first-order valence-electron chi connectivity index (χ1n) is 5.62. The summed E-state index contributed by atoms with van der Waals surface area (Å²) in [7, 11) is 1.83. The van der Waals surface area contributed by atoms with Gasteiger partial charge >= 0.3 is 0 Å². The lowest BCUT2D eigenvalue weighted by Crippen LogP contribution is -2.31. The Kier molecular flexibility index (Phi) is 5.02. The molecule has 0 aromatic rings. The normalized spacial score (nSPS) is 16.6. The first-order valence-corrected chi connectivity index (χ1v) is 6.02. The molecule has 0 aromatic carbocycles. The zero-order chi connectivity index (χ0) is 11.3. The number of hydrogen-bond donors (Lipinski definition) is 1. The number of carbonyl (C=O) groups excluding carboxylic acids is 1. The van der Waals surface area contributed by atoms with E-state index in [2.05, 4.69) is 0 Å². The van der Waals surface area contributed by atoms with Crippen molar-refractivity contribution in [3.8, 4) is 0 Å². The highest BCUT2D eigenvalue weighted by molar-refractivity contribution is 7.80. The second-order valence-corrected chi connectivity index (χ2v) is 4.91. The molecule has 0 radical (unpaired) electrons. The maximum atomic E-state index is 11.8. The summed E-state index contributed by atoms with van der Waals surface area (Å²) >= 11 is 4.78. The van der Waals surface area contributed by atoms with Gasteiger partial charge in [-0.15, -0.1) is 0 Å². The Hall–Kier alpha value is -0.640. The summed E-state index contributed by atoms with van der Waals surface area (Å²) in [6.45, 7) is 0.654. The Labute approximate surface area is 97.0 Å². The second-order valence-electron chi connectivity index (χ2n) is 4.39. The van der Waals surface area contributed by atoms with Crippen LogP contribution in [0.15, 0.2) is 0 Å². The van der Waals surface area contributed by atoms with Crippen LogP contribution in [-0.4, -0.2) is 29.4 Å². The van der Waals surface area contributed by atoms with Gasteiger partial charge in [-0.1, -0.05) is 25.1 Å². The predicted octanol–water partition coefficient (Wildman–Crippen LogP) is 1.70. The van der Waals surface area contributed by atoms with Gasteiger partial charge in [0.1, 0.15) is 0 Å². The Morgan fingerprint density at radius 3 is 2.60 bits per heavy atom. The molecule has 0 bridgehead atoms. The Balaban J connectivity index is 2.22. The van der Waals surface area contributed by atoms with Crippen molar-refractivity contribution in [3.05, 3.63) is 0 Å². The first-order chi connectivity index (χ1) is 7.09. The lowest BCUT2D eigenvalue weighted by molar-refractivity contribution is -0.130. The number of rotatable bonds is 5. The minimum Gasteiger partial charge on any atom is -0.393 e. The van der Waals surface area contributed by atoms with Gasteiger partial charge in [-0.3, -0.25) is 4.79 Å². The smallest absolute Gasteiger partial charge is 0.222 e. The number of hydrogen-bond acceptors (Lipinski definition) is 2. The number of nitrogens with two attached hydrogens (primary N) is 1. The molecule has 1 amide bonds. The fourth-order valence-corrected chi connectivity index (χ4v) is 2.11. The van der Waals surface area contributed by atoms with Crippen molar-refractivity contribution in [2.75, 3.05) is 13.6 Å². The molecule has 0 aromatic heterocycles.